The predicted molar refractivity (Wildman–Crippen MR) is 65.0 cm³/mol. The van der Waals surface area contributed by atoms with Gasteiger partial charge in [-0.15, -0.1) is 0 Å². The molecule has 16 heavy (non-hydrogen) atoms. The Hall–Kier alpha value is -0.580. The van der Waals surface area contributed by atoms with Gasteiger partial charge >= 0.3 is 7.60 Å². The highest BCUT2D eigenvalue weighted by molar-refractivity contribution is 7.52. The lowest BCUT2D eigenvalue weighted by atomic mass is 10.1. The molecular weight excluding hydrogens is 229 g/mol. The molecule has 0 aliphatic heterocycles. The topological polar surface area (TPSA) is 122 Å². The molecule has 0 heterocycles. The zero-order chi connectivity index (χ0) is 12.6. The minimum atomic E-state index is -4.23. The summed E-state index contributed by atoms with van der Waals surface area (Å²) in [6.45, 7) is 2.11. The van der Waals surface area contributed by atoms with Crippen molar-refractivity contribution < 1.29 is 14.4 Å². The number of aliphatic imine (C=N–C) groups is 1. The molecular formula is C9H22N3O3P. The van der Waals surface area contributed by atoms with Crippen LogP contribution in [0.5, 0.6) is 0 Å². The molecule has 0 bridgehead atoms. The molecule has 0 aromatic heterocycles. The molecule has 0 fully saturated rings. The van der Waals surface area contributed by atoms with E-state index in [1.54, 1.807) is 0 Å². The molecule has 1 atom stereocenters. The van der Waals surface area contributed by atoms with Crippen LogP contribution in [0.15, 0.2) is 4.99 Å². The van der Waals surface area contributed by atoms with Crippen LogP contribution >= 0.6 is 7.60 Å². The fourth-order valence-corrected chi connectivity index (χ4v) is 2.21. The van der Waals surface area contributed by atoms with Crippen molar-refractivity contribution in [3.63, 3.8) is 0 Å². The first-order valence-corrected chi connectivity index (χ1v) is 7.20. The van der Waals surface area contributed by atoms with Crippen LogP contribution in [-0.2, 0) is 4.57 Å². The van der Waals surface area contributed by atoms with E-state index in [1.165, 1.54) is 0 Å². The van der Waals surface area contributed by atoms with Crippen LogP contribution < -0.4 is 11.5 Å². The van der Waals surface area contributed by atoms with E-state index < -0.39 is 13.4 Å². The fourth-order valence-electron chi connectivity index (χ4n) is 1.41. The van der Waals surface area contributed by atoms with E-state index in [9.17, 15) is 4.57 Å². The molecule has 0 aromatic carbocycles. The smallest absolute Gasteiger partial charge is 0.349 e. The quantitative estimate of drug-likeness (QED) is 0.223. The lowest BCUT2D eigenvalue weighted by molar-refractivity contribution is 0.353. The van der Waals surface area contributed by atoms with Gasteiger partial charge in [-0.2, -0.15) is 0 Å². The monoisotopic (exact) mass is 251 g/mol. The highest BCUT2D eigenvalue weighted by Crippen LogP contribution is 2.44. The molecule has 6 N–H and O–H groups in total. The normalized spacial score (nSPS) is 13.4. The van der Waals surface area contributed by atoms with Crippen LogP contribution in [-0.4, -0.2) is 21.5 Å². The average molecular weight is 251 g/mol. The maximum atomic E-state index is 11.1. The standard InChI is InChI=1S/C9H22N3O3P/c1-2-3-4-5-6-7-8(12-9(10)11)16(13,14)15/h8H,2-7H2,1H3,(H4,10,11,12)(H2,13,14,15). The molecule has 6 nitrogen and oxygen atoms in total. The maximum Gasteiger partial charge on any atom is 0.349 e. The van der Waals surface area contributed by atoms with Crippen molar-refractivity contribution in [3.8, 4) is 0 Å². The van der Waals surface area contributed by atoms with Gasteiger partial charge in [-0.3, -0.25) is 4.57 Å². The van der Waals surface area contributed by atoms with E-state index in [2.05, 4.69) is 11.9 Å². The third-order valence-corrected chi connectivity index (χ3v) is 3.40. The summed E-state index contributed by atoms with van der Waals surface area (Å²) in [5.41, 5.74) is 10.3. The molecule has 96 valence electrons. The van der Waals surface area contributed by atoms with Crippen molar-refractivity contribution >= 4 is 13.6 Å². The molecule has 7 heteroatoms. The summed E-state index contributed by atoms with van der Waals surface area (Å²) < 4.78 is 11.1. The van der Waals surface area contributed by atoms with E-state index in [4.69, 9.17) is 21.3 Å². The summed E-state index contributed by atoms with van der Waals surface area (Å²) in [7, 11) is -4.23. The van der Waals surface area contributed by atoms with Gasteiger partial charge in [-0.25, -0.2) is 4.99 Å². The molecule has 0 spiro atoms. The molecule has 0 aliphatic carbocycles. The van der Waals surface area contributed by atoms with Crippen LogP contribution in [0.1, 0.15) is 45.4 Å². The van der Waals surface area contributed by atoms with Gasteiger partial charge in [0.05, 0.1) is 0 Å². The van der Waals surface area contributed by atoms with Crippen molar-refractivity contribution in [1.82, 2.24) is 0 Å². The van der Waals surface area contributed by atoms with E-state index in [-0.39, 0.29) is 5.96 Å². The number of hydrogen-bond donors (Lipinski definition) is 4. The molecule has 0 radical (unpaired) electrons. The molecule has 1 unspecified atom stereocenters. The highest BCUT2D eigenvalue weighted by atomic mass is 31.2. The Bertz CT molecular complexity index is 261. The number of nitrogens with zero attached hydrogens (tertiary/aromatic N) is 1. The summed E-state index contributed by atoms with van der Waals surface area (Å²) in [5, 5.41) is 0. The van der Waals surface area contributed by atoms with Gasteiger partial charge in [-0.1, -0.05) is 39.0 Å². The number of nitrogens with two attached hydrogens (primary N) is 2. The Labute approximate surface area is 96.3 Å². The van der Waals surface area contributed by atoms with Gasteiger partial charge in [0.15, 0.2) is 11.7 Å². The van der Waals surface area contributed by atoms with Crippen molar-refractivity contribution in [2.24, 2.45) is 16.5 Å². The van der Waals surface area contributed by atoms with Crippen molar-refractivity contribution in [2.45, 2.75) is 51.2 Å². The van der Waals surface area contributed by atoms with E-state index in [0.29, 0.717) is 6.42 Å². The lowest BCUT2D eigenvalue weighted by Gasteiger charge is -2.14. The van der Waals surface area contributed by atoms with E-state index >= 15 is 0 Å². The van der Waals surface area contributed by atoms with Gasteiger partial charge in [0.1, 0.15) is 0 Å². The second-order valence-electron chi connectivity index (χ2n) is 3.83. The molecule has 0 amide bonds. The fraction of sp³-hybridized carbons (Fsp3) is 0.889. The molecule has 0 aliphatic rings. The van der Waals surface area contributed by atoms with Crippen LogP contribution in [0.2, 0.25) is 0 Å². The summed E-state index contributed by atoms with van der Waals surface area (Å²) in [5.74, 6) is -1.36. The Kier molecular flexibility index (Phi) is 7.38. The molecule has 0 rings (SSSR count). The van der Waals surface area contributed by atoms with Gasteiger partial charge in [-0.05, 0) is 6.42 Å². The average Bonchev–Trinajstić information content (AvgIpc) is 2.13. The first kappa shape index (κ1) is 15.4. The SMILES string of the molecule is CCCCCCCC(N=C(N)N)P(=O)(O)O. The maximum absolute atomic E-state index is 11.1. The third kappa shape index (κ3) is 7.68. The Morgan fingerprint density at radius 2 is 1.81 bits per heavy atom. The number of rotatable bonds is 8. The van der Waals surface area contributed by atoms with Crippen LogP contribution in [0.25, 0.3) is 0 Å². The second kappa shape index (κ2) is 7.65. The Balaban J connectivity index is 4.05. The summed E-state index contributed by atoms with van der Waals surface area (Å²) in [4.78, 5) is 21.6. The molecule has 0 saturated carbocycles. The van der Waals surface area contributed by atoms with Crippen molar-refractivity contribution in [3.05, 3.63) is 0 Å². The first-order chi connectivity index (χ1) is 7.38. The zero-order valence-electron chi connectivity index (χ0n) is 9.67. The summed E-state index contributed by atoms with van der Waals surface area (Å²) in [6.07, 6.45) is 5.35. The second-order valence-corrected chi connectivity index (χ2v) is 5.60. The van der Waals surface area contributed by atoms with Gasteiger partial charge in [0, 0.05) is 0 Å². The van der Waals surface area contributed by atoms with E-state index in [0.717, 1.165) is 32.1 Å². The number of unbranched alkanes of at least 4 members (excludes halogenated alkanes) is 4. The van der Waals surface area contributed by atoms with Gasteiger partial charge in [0.25, 0.3) is 0 Å². The van der Waals surface area contributed by atoms with Crippen LogP contribution in [0.3, 0.4) is 0 Å². The Morgan fingerprint density at radius 3 is 2.25 bits per heavy atom. The highest BCUT2D eigenvalue weighted by Gasteiger charge is 2.27. The number of hydrogen-bond acceptors (Lipinski definition) is 2. The minimum Gasteiger partial charge on any atom is -0.370 e. The minimum absolute atomic E-state index is 0.276. The zero-order valence-corrected chi connectivity index (χ0v) is 10.6. The number of guanidine groups is 1. The van der Waals surface area contributed by atoms with Crippen LogP contribution in [0, 0.1) is 0 Å². The Morgan fingerprint density at radius 1 is 1.25 bits per heavy atom. The largest absolute Gasteiger partial charge is 0.370 e. The van der Waals surface area contributed by atoms with Gasteiger partial charge < -0.3 is 21.3 Å². The van der Waals surface area contributed by atoms with Gasteiger partial charge in [0.2, 0.25) is 0 Å². The summed E-state index contributed by atoms with van der Waals surface area (Å²) >= 11 is 0. The van der Waals surface area contributed by atoms with Crippen LogP contribution in [0.4, 0.5) is 0 Å². The van der Waals surface area contributed by atoms with Crippen molar-refractivity contribution in [2.75, 3.05) is 0 Å². The van der Waals surface area contributed by atoms with E-state index in [1.807, 2.05) is 0 Å². The summed E-state index contributed by atoms with van der Waals surface area (Å²) in [6, 6.07) is 0. The van der Waals surface area contributed by atoms with Crippen molar-refractivity contribution in [1.29, 1.82) is 0 Å². The third-order valence-electron chi connectivity index (χ3n) is 2.25. The first-order valence-electron chi connectivity index (χ1n) is 5.52. The lowest BCUT2D eigenvalue weighted by Crippen LogP contribution is -2.25. The predicted octanol–water partition coefficient (Wildman–Crippen LogP) is 1.12. The molecule has 0 saturated heterocycles. The molecule has 0 aromatic rings.